The van der Waals surface area contributed by atoms with Crippen LogP contribution >= 0.6 is 22.9 Å². The molecule has 0 aliphatic rings. The number of halogens is 1. The third-order valence-corrected chi connectivity index (χ3v) is 1.88. The number of anilines is 1. The Hall–Kier alpha value is -1.14. The van der Waals surface area contributed by atoms with Gasteiger partial charge in [0.1, 0.15) is 5.69 Å². The smallest absolute Gasteiger partial charge is 0.190 e. The second-order valence-corrected chi connectivity index (χ2v) is 3.01. The Balaban J connectivity index is 2.84. The highest BCUT2D eigenvalue weighted by Crippen LogP contribution is 2.11. The van der Waals surface area contributed by atoms with E-state index in [1.807, 2.05) is 0 Å². The van der Waals surface area contributed by atoms with Crippen molar-refractivity contribution in [2.24, 2.45) is 5.16 Å². The Morgan fingerprint density at radius 1 is 1.92 bits per heavy atom. The van der Waals surface area contributed by atoms with Gasteiger partial charge in [0.15, 0.2) is 23.2 Å². The molecule has 0 atom stereocenters. The minimum Gasteiger partial charge on any atom is -0.379 e. The van der Waals surface area contributed by atoms with E-state index in [9.17, 15) is 4.79 Å². The second kappa shape index (κ2) is 4.78. The first-order chi connectivity index (χ1) is 6.27. The standard InChI is InChI=1S/C6H6ClN3O2S/c7-3-12-10-4(1-11)5-2-13-6(8)9-5/h1-2H,3H2,(H2,8,9). The average Bonchev–Trinajstić information content (AvgIpc) is 2.54. The average molecular weight is 220 g/mol. The molecule has 1 rings (SSSR count). The summed E-state index contributed by atoms with van der Waals surface area (Å²) in [6.45, 7) is 0. The predicted octanol–water partition coefficient (Wildman–Crippen LogP) is 0.841. The molecular weight excluding hydrogens is 214 g/mol. The van der Waals surface area contributed by atoms with Crippen molar-refractivity contribution in [3.63, 3.8) is 0 Å². The number of nitrogens with two attached hydrogens (primary N) is 1. The van der Waals surface area contributed by atoms with Crippen LogP contribution in [0.25, 0.3) is 0 Å². The molecule has 0 amide bonds. The molecule has 70 valence electrons. The Bertz CT molecular complexity index is 325. The van der Waals surface area contributed by atoms with E-state index in [1.165, 1.54) is 11.3 Å². The number of hydrogen-bond donors (Lipinski definition) is 1. The summed E-state index contributed by atoms with van der Waals surface area (Å²) in [5.74, 6) is 0. The monoisotopic (exact) mass is 219 g/mol. The fourth-order valence-electron chi connectivity index (χ4n) is 0.628. The topological polar surface area (TPSA) is 77.6 Å². The van der Waals surface area contributed by atoms with Gasteiger partial charge in [0.05, 0.1) is 0 Å². The molecule has 0 aromatic carbocycles. The normalized spacial score (nSPS) is 11.3. The first-order valence-electron chi connectivity index (χ1n) is 3.20. The summed E-state index contributed by atoms with van der Waals surface area (Å²) in [5.41, 5.74) is 5.84. The van der Waals surface area contributed by atoms with Crippen LogP contribution in [-0.4, -0.2) is 23.0 Å². The molecule has 13 heavy (non-hydrogen) atoms. The van der Waals surface area contributed by atoms with E-state index in [2.05, 4.69) is 15.0 Å². The number of rotatable bonds is 4. The van der Waals surface area contributed by atoms with E-state index in [4.69, 9.17) is 17.3 Å². The summed E-state index contributed by atoms with van der Waals surface area (Å²) in [5, 5.41) is 5.43. The number of hydrogen-bond acceptors (Lipinski definition) is 6. The molecule has 0 radical (unpaired) electrons. The predicted molar refractivity (Wildman–Crippen MR) is 50.9 cm³/mol. The zero-order valence-corrected chi connectivity index (χ0v) is 8.01. The molecule has 0 aliphatic heterocycles. The minimum absolute atomic E-state index is 0.0774. The van der Waals surface area contributed by atoms with Crippen LogP contribution < -0.4 is 5.73 Å². The van der Waals surface area contributed by atoms with Gasteiger partial charge in [-0.2, -0.15) is 0 Å². The lowest BCUT2D eigenvalue weighted by Crippen LogP contribution is -2.04. The maximum absolute atomic E-state index is 10.5. The van der Waals surface area contributed by atoms with Gasteiger partial charge >= 0.3 is 0 Å². The highest BCUT2D eigenvalue weighted by Gasteiger charge is 2.06. The van der Waals surface area contributed by atoms with Crippen molar-refractivity contribution in [3.8, 4) is 0 Å². The van der Waals surface area contributed by atoms with Crippen LogP contribution in [-0.2, 0) is 9.63 Å². The molecule has 0 saturated carbocycles. The quantitative estimate of drug-likeness (QED) is 0.352. The number of nitrogens with zero attached hydrogens (tertiary/aromatic N) is 2. The van der Waals surface area contributed by atoms with Crippen molar-refractivity contribution >= 4 is 40.1 Å². The summed E-state index contributed by atoms with van der Waals surface area (Å²) in [6.07, 6.45) is 0.529. The van der Waals surface area contributed by atoms with E-state index in [0.717, 1.165) is 0 Å². The largest absolute Gasteiger partial charge is 0.379 e. The zero-order chi connectivity index (χ0) is 9.68. The summed E-state index contributed by atoms with van der Waals surface area (Å²) < 4.78 is 0. The SMILES string of the molecule is Nc1nc(C(C=O)=NOCCl)cs1. The number of aromatic nitrogens is 1. The van der Waals surface area contributed by atoms with Crippen molar-refractivity contribution in [2.45, 2.75) is 0 Å². The number of aldehydes is 1. The second-order valence-electron chi connectivity index (χ2n) is 1.90. The Labute approximate surface area is 83.2 Å². The number of oxime groups is 1. The van der Waals surface area contributed by atoms with Gasteiger partial charge in [0.25, 0.3) is 0 Å². The molecule has 1 heterocycles. The minimum atomic E-state index is -0.114. The highest BCUT2D eigenvalue weighted by atomic mass is 35.5. The number of alkyl halides is 1. The van der Waals surface area contributed by atoms with E-state index < -0.39 is 0 Å². The molecule has 0 fully saturated rings. The highest BCUT2D eigenvalue weighted by molar-refractivity contribution is 7.13. The molecule has 5 nitrogen and oxygen atoms in total. The summed E-state index contributed by atoms with van der Waals surface area (Å²) in [4.78, 5) is 18.8. The van der Waals surface area contributed by atoms with Crippen molar-refractivity contribution in [1.29, 1.82) is 0 Å². The maximum atomic E-state index is 10.5. The Morgan fingerprint density at radius 2 is 2.69 bits per heavy atom. The van der Waals surface area contributed by atoms with Crippen LogP contribution in [0.2, 0.25) is 0 Å². The Morgan fingerprint density at radius 3 is 3.15 bits per heavy atom. The van der Waals surface area contributed by atoms with E-state index in [1.54, 1.807) is 5.38 Å². The van der Waals surface area contributed by atoms with Crippen molar-refractivity contribution in [3.05, 3.63) is 11.1 Å². The lowest BCUT2D eigenvalue weighted by Gasteiger charge is -1.92. The van der Waals surface area contributed by atoms with Gasteiger partial charge in [-0.3, -0.25) is 4.79 Å². The van der Waals surface area contributed by atoms with Gasteiger partial charge in [0, 0.05) is 5.38 Å². The third-order valence-electron chi connectivity index (χ3n) is 1.11. The fourth-order valence-corrected chi connectivity index (χ4v) is 1.23. The molecule has 1 aromatic heterocycles. The van der Waals surface area contributed by atoms with E-state index in [-0.39, 0.29) is 11.8 Å². The summed E-state index contributed by atoms with van der Waals surface area (Å²) >= 11 is 6.43. The van der Waals surface area contributed by atoms with Crippen LogP contribution in [0.1, 0.15) is 5.69 Å². The first kappa shape index (κ1) is 9.94. The molecule has 7 heteroatoms. The summed E-state index contributed by atoms with van der Waals surface area (Å²) in [6, 6.07) is -0.114. The van der Waals surface area contributed by atoms with Crippen LogP contribution in [0.3, 0.4) is 0 Å². The molecular formula is C6H6ClN3O2S. The van der Waals surface area contributed by atoms with Crippen molar-refractivity contribution < 1.29 is 9.63 Å². The fraction of sp³-hybridized carbons (Fsp3) is 0.167. The molecule has 0 unspecified atom stereocenters. The van der Waals surface area contributed by atoms with Crippen molar-refractivity contribution in [1.82, 2.24) is 4.98 Å². The van der Waals surface area contributed by atoms with E-state index in [0.29, 0.717) is 17.1 Å². The van der Waals surface area contributed by atoms with E-state index >= 15 is 0 Å². The van der Waals surface area contributed by atoms with Gasteiger partial charge in [-0.1, -0.05) is 16.8 Å². The van der Waals surface area contributed by atoms with Gasteiger partial charge < -0.3 is 10.6 Å². The van der Waals surface area contributed by atoms with Gasteiger partial charge in [-0.25, -0.2) is 4.98 Å². The van der Waals surface area contributed by atoms with Crippen LogP contribution in [0.4, 0.5) is 5.13 Å². The lowest BCUT2D eigenvalue weighted by molar-refractivity contribution is -0.102. The van der Waals surface area contributed by atoms with Crippen LogP contribution in [0.15, 0.2) is 10.5 Å². The number of thiazole rings is 1. The summed E-state index contributed by atoms with van der Waals surface area (Å²) in [7, 11) is 0. The molecule has 0 saturated heterocycles. The van der Waals surface area contributed by atoms with Gasteiger partial charge in [-0.05, 0) is 0 Å². The molecule has 0 spiro atoms. The first-order valence-corrected chi connectivity index (χ1v) is 4.62. The number of nitrogen functional groups attached to an aromatic ring is 1. The lowest BCUT2D eigenvalue weighted by atomic mass is 10.3. The van der Waals surface area contributed by atoms with Crippen LogP contribution in [0, 0.1) is 0 Å². The molecule has 0 aliphatic carbocycles. The molecule has 1 aromatic rings. The van der Waals surface area contributed by atoms with Gasteiger partial charge in [0.2, 0.25) is 0 Å². The van der Waals surface area contributed by atoms with Crippen LogP contribution in [0.5, 0.6) is 0 Å². The Kier molecular flexibility index (Phi) is 3.66. The van der Waals surface area contributed by atoms with Crippen molar-refractivity contribution in [2.75, 3.05) is 11.8 Å². The number of carbonyl (C=O) groups excluding carboxylic acids is 1. The van der Waals surface area contributed by atoms with Gasteiger partial charge in [-0.15, -0.1) is 11.3 Å². The molecule has 2 N–H and O–H groups in total. The third kappa shape index (κ3) is 2.67. The zero-order valence-electron chi connectivity index (χ0n) is 6.44. The maximum Gasteiger partial charge on any atom is 0.190 e. The number of carbonyl (C=O) groups is 1. The molecule has 0 bridgehead atoms.